The van der Waals surface area contributed by atoms with Crippen molar-refractivity contribution in [2.75, 3.05) is 32.8 Å². The molecule has 0 bridgehead atoms. The van der Waals surface area contributed by atoms with Gasteiger partial charge in [0.15, 0.2) is 0 Å². The summed E-state index contributed by atoms with van der Waals surface area (Å²) in [5.74, 6) is 0. The van der Waals surface area contributed by atoms with Crippen molar-refractivity contribution in [1.29, 1.82) is 0 Å². The molecule has 2 N–H and O–H groups in total. The molecule has 27 heavy (non-hydrogen) atoms. The molecule has 0 amide bonds. The Bertz CT molecular complexity index is 627. The van der Waals surface area contributed by atoms with Gasteiger partial charge in [-0.1, -0.05) is 19.9 Å². The maximum Gasteiger partial charge on any atom is 0.416 e. The Balaban J connectivity index is 0.00000364. The molecule has 1 saturated heterocycles. The van der Waals surface area contributed by atoms with E-state index in [2.05, 4.69) is 5.32 Å². The lowest BCUT2D eigenvalue weighted by atomic mass is 9.77. The fourth-order valence-electron chi connectivity index (χ4n) is 3.36. The van der Waals surface area contributed by atoms with Crippen molar-refractivity contribution in [2.24, 2.45) is 5.41 Å². The van der Waals surface area contributed by atoms with E-state index in [-0.39, 0.29) is 24.0 Å². The third-order valence-electron chi connectivity index (χ3n) is 4.65. The lowest BCUT2D eigenvalue weighted by molar-refractivity contribution is -0.144. The van der Waals surface area contributed by atoms with Gasteiger partial charge in [0.05, 0.1) is 11.1 Å². The van der Waals surface area contributed by atoms with Crippen molar-refractivity contribution in [3.8, 4) is 0 Å². The number of piperazine rings is 1. The van der Waals surface area contributed by atoms with E-state index in [1.54, 1.807) is 18.7 Å². The minimum absolute atomic E-state index is 0. The molecule has 1 fully saturated rings. The van der Waals surface area contributed by atoms with Gasteiger partial charge in [-0.3, -0.25) is 4.90 Å². The van der Waals surface area contributed by atoms with Crippen LogP contribution in [0.3, 0.4) is 0 Å². The third kappa shape index (κ3) is 5.49. The molecule has 0 saturated carbocycles. The molecule has 1 aromatic carbocycles. The summed E-state index contributed by atoms with van der Waals surface area (Å²) in [4.78, 5) is 1.78. The van der Waals surface area contributed by atoms with Crippen LogP contribution in [0.15, 0.2) is 18.2 Å². The van der Waals surface area contributed by atoms with Gasteiger partial charge in [-0.2, -0.15) is 26.3 Å². The van der Waals surface area contributed by atoms with Crippen LogP contribution in [-0.4, -0.2) is 42.8 Å². The molecule has 0 aromatic heterocycles. The molecule has 1 aromatic rings. The summed E-state index contributed by atoms with van der Waals surface area (Å²) < 4.78 is 79.5. The molecule has 1 heterocycles. The van der Waals surface area contributed by atoms with Crippen molar-refractivity contribution in [3.05, 3.63) is 34.9 Å². The van der Waals surface area contributed by atoms with Gasteiger partial charge in [0, 0.05) is 44.2 Å². The topological polar surface area (TPSA) is 35.5 Å². The number of halogens is 7. The second-order valence-corrected chi connectivity index (χ2v) is 7.13. The summed E-state index contributed by atoms with van der Waals surface area (Å²) in [5.41, 5.74) is -3.87. The SMILES string of the molecule is CC(C)(CO)[C@H](c1ccc(C(F)(F)F)cc1C(F)(F)F)N1CCNCC1.Cl. The largest absolute Gasteiger partial charge is 0.416 e. The van der Waals surface area contributed by atoms with Gasteiger partial charge in [0.1, 0.15) is 0 Å². The van der Waals surface area contributed by atoms with Crippen LogP contribution in [0.4, 0.5) is 26.3 Å². The van der Waals surface area contributed by atoms with Gasteiger partial charge in [-0.25, -0.2) is 0 Å². The quantitative estimate of drug-likeness (QED) is 0.720. The summed E-state index contributed by atoms with van der Waals surface area (Å²) in [7, 11) is 0. The predicted molar refractivity (Wildman–Crippen MR) is 91.7 cm³/mol. The molecule has 1 aliphatic heterocycles. The normalized spacial score (nSPS) is 18.1. The van der Waals surface area contributed by atoms with E-state index < -0.39 is 41.5 Å². The Morgan fingerprint density at radius 2 is 1.59 bits per heavy atom. The fourth-order valence-corrected chi connectivity index (χ4v) is 3.36. The second kappa shape index (κ2) is 8.55. The summed E-state index contributed by atoms with van der Waals surface area (Å²) in [5, 5.41) is 12.8. The molecule has 156 valence electrons. The molecule has 1 aliphatic rings. The van der Waals surface area contributed by atoms with Gasteiger partial charge in [-0.05, 0) is 17.7 Å². The van der Waals surface area contributed by atoms with Crippen LogP contribution >= 0.6 is 12.4 Å². The maximum atomic E-state index is 13.6. The highest BCUT2D eigenvalue weighted by Crippen LogP contribution is 2.45. The van der Waals surface area contributed by atoms with Crippen molar-refractivity contribution >= 4 is 12.4 Å². The van der Waals surface area contributed by atoms with Gasteiger partial charge in [-0.15, -0.1) is 12.4 Å². The lowest BCUT2D eigenvalue weighted by Crippen LogP contribution is -2.50. The number of rotatable bonds is 4. The van der Waals surface area contributed by atoms with Crippen molar-refractivity contribution in [3.63, 3.8) is 0 Å². The molecule has 0 unspecified atom stereocenters. The lowest BCUT2D eigenvalue weighted by Gasteiger charge is -2.44. The number of nitrogens with one attached hydrogen (secondary N) is 1. The second-order valence-electron chi connectivity index (χ2n) is 7.13. The van der Waals surface area contributed by atoms with E-state index in [1.807, 2.05) is 0 Å². The van der Waals surface area contributed by atoms with Crippen molar-refractivity contribution in [2.45, 2.75) is 32.2 Å². The zero-order valence-corrected chi connectivity index (χ0v) is 15.7. The van der Waals surface area contributed by atoms with Crippen LogP contribution in [-0.2, 0) is 12.4 Å². The first-order chi connectivity index (χ1) is 11.9. The molecule has 2 rings (SSSR count). The Morgan fingerprint density at radius 3 is 2.04 bits per heavy atom. The number of alkyl halides is 6. The molecule has 0 aliphatic carbocycles. The zero-order valence-electron chi connectivity index (χ0n) is 14.9. The van der Waals surface area contributed by atoms with E-state index in [0.29, 0.717) is 32.2 Å². The van der Waals surface area contributed by atoms with E-state index in [9.17, 15) is 31.4 Å². The van der Waals surface area contributed by atoms with E-state index >= 15 is 0 Å². The first-order valence-electron chi connectivity index (χ1n) is 8.22. The number of aliphatic hydroxyl groups is 1. The van der Waals surface area contributed by atoms with E-state index in [1.165, 1.54) is 0 Å². The highest BCUT2D eigenvalue weighted by molar-refractivity contribution is 5.85. The highest BCUT2D eigenvalue weighted by atomic mass is 35.5. The maximum absolute atomic E-state index is 13.6. The number of hydrogen-bond acceptors (Lipinski definition) is 3. The van der Waals surface area contributed by atoms with Crippen LogP contribution in [0, 0.1) is 5.41 Å². The first-order valence-corrected chi connectivity index (χ1v) is 8.22. The smallest absolute Gasteiger partial charge is 0.396 e. The van der Waals surface area contributed by atoms with Crippen LogP contribution in [0.2, 0.25) is 0 Å². The number of aliphatic hydroxyl groups excluding tert-OH is 1. The van der Waals surface area contributed by atoms with Crippen LogP contribution < -0.4 is 5.32 Å². The van der Waals surface area contributed by atoms with Crippen LogP contribution in [0.5, 0.6) is 0 Å². The number of hydrogen-bond donors (Lipinski definition) is 2. The molecule has 0 spiro atoms. The molecule has 1 atom stereocenters. The Labute approximate surface area is 160 Å². The Hall–Kier alpha value is -1.03. The van der Waals surface area contributed by atoms with Gasteiger partial charge < -0.3 is 10.4 Å². The molecular formula is C17H23ClF6N2O. The Kier molecular flexibility index (Phi) is 7.60. The van der Waals surface area contributed by atoms with Gasteiger partial charge >= 0.3 is 12.4 Å². The van der Waals surface area contributed by atoms with Crippen molar-refractivity contribution < 1.29 is 31.4 Å². The van der Waals surface area contributed by atoms with E-state index in [0.717, 1.165) is 6.07 Å². The average Bonchev–Trinajstić information content (AvgIpc) is 2.54. The highest BCUT2D eigenvalue weighted by Gasteiger charge is 2.44. The summed E-state index contributed by atoms with van der Waals surface area (Å²) in [6.45, 7) is 4.80. The minimum Gasteiger partial charge on any atom is -0.396 e. The standard InChI is InChI=1S/C17H22F6N2O.ClH/c1-15(2,10-26)14(25-7-5-24-6-8-25)12-4-3-11(16(18,19)20)9-13(12)17(21,22)23;/h3-4,9,14,24,26H,5-8,10H2,1-2H3;1H/t14-;/m0./s1. The van der Waals surface area contributed by atoms with E-state index in [4.69, 9.17) is 0 Å². The molecule has 0 radical (unpaired) electrons. The molecular weight excluding hydrogens is 398 g/mol. The van der Waals surface area contributed by atoms with Crippen LogP contribution in [0.1, 0.15) is 36.6 Å². The summed E-state index contributed by atoms with van der Waals surface area (Å²) in [6, 6.07) is 0.870. The molecule has 3 nitrogen and oxygen atoms in total. The average molecular weight is 421 g/mol. The first kappa shape index (κ1) is 24.0. The Morgan fingerprint density at radius 1 is 1.04 bits per heavy atom. The monoisotopic (exact) mass is 420 g/mol. The van der Waals surface area contributed by atoms with Crippen LogP contribution in [0.25, 0.3) is 0 Å². The third-order valence-corrected chi connectivity index (χ3v) is 4.65. The molecule has 10 heteroatoms. The number of nitrogens with zero attached hydrogens (tertiary/aromatic N) is 1. The zero-order chi connectivity index (χ0) is 19.8. The fraction of sp³-hybridized carbons (Fsp3) is 0.647. The van der Waals surface area contributed by atoms with Crippen molar-refractivity contribution in [1.82, 2.24) is 10.2 Å². The number of benzene rings is 1. The summed E-state index contributed by atoms with van der Waals surface area (Å²) in [6.07, 6.45) is -9.80. The van der Waals surface area contributed by atoms with Gasteiger partial charge in [0.25, 0.3) is 0 Å². The van der Waals surface area contributed by atoms with Gasteiger partial charge in [0.2, 0.25) is 0 Å². The summed E-state index contributed by atoms with van der Waals surface area (Å²) >= 11 is 0. The predicted octanol–water partition coefficient (Wildman–Crippen LogP) is 4.11. The minimum atomic E-state index is -4.94.